The smallest absolute Gasteiger partial charge is 0.294 e. The number of aryl methyl sites for hydroxylation is 1. The van der Waals surface area contributed by atoms with Gasteiger partial charge in [0, 0.05) is 62.4 Å². The van der Waals surface area contributed by atoms with Crippen LogP contribution in [-0.2, 0) is 6.42 Å². The lowest BCUT2D eigenvalue weighted by molar-refractivity contribution is -0.384. The van der Waals surface area contributed by atoms with Gasteiger partial charge in [0.1, 0.15) is 22.8 Å². The highest BCUT2D eigenvalue weighted by Gasteiger charge is 2.23. The number of nitrogens with one attached hydrogen (secondary N) is 2. The first-order chi connectivity index (χ1) is 20.8. The fraction of sp³-hybridized carbons (Fsp3) is 0.300. The minimum atomic E-state index is -0.413. The van der Waals surface area contributed by atoms with Gasteiger partial charge in [0.25, 0.3) is 5.69 Å². The molecular formula is C30H34N8O5. The van der Waals surface area contributed by atoms with Gasteiger partial charge in [-0.25, -0.2) is 15.0 Å². The van der Waals surface area contributed by atoms with Crippen molar-refractivity contribution in [1.82, 2.24) is 24.8 Å². The number of likely N-dealkylation sites (N-methyl/N-ethyl adjacent to an activating group) is 2. The normalized spacial score (nSPS) is 11.3. The van der Waals surface area contributed by atoms with Crippen LogP contribution in [0.4, 0.5) is 23.0 Å². The van der Waals surface area contributed by atoms with Gasteiger partial charge in [0.15, 0.2) is 0 Å². The summed E-state index contributed by atoms with van der Waals surface area (Å²) in [7, 11) is 7.22. The zero-order chi connectivity index (χ0) is 30.5. The lowest BCUT2D eigenvalue weighted by Gasteiger charge is -2.22. The molecule has 3 aromatic heterocycles. The molecule has 0 saturated carbocycles. The quantitative estimate of drug-likeness (QED) is 0.128. The summed E-state index contributed by atoms with van der Waals surface area (Å²) in [5.74, 6) is 1.34. The van der Waals surface area contributed by atoms with Crippen molar-refractivity contribution in [3.05, 3.63) is 70.9 Å². The number of methoxy groups -OCH3 is 1. The summed E-state index contributed by atoms with van der Waals surface area (Å²) >= 11 is 0. The lowest BCUT2D eigenvalue weighted by atomic mass is 10.1. The van der Waals surface area contributed by atoms with Gasteiger partial charge < -0.3 is 34.4 Å². The molecule has 0 spiro atoms. The highest BCUT2D eigenvalue weighted by molar-refractivity contribution is 5.86. The number of nitro groups is 1. The summed E-state index contributed by atoms with van der Waals surface area (Å²) in [5, 5.41) is 25.5. The predicted molar refractivity (Wildman–Crippen MR) is 165 cm³/mol. The number of rotatable bonds is 13. The number of furan rings is 1. The Balaban J connectivity index is 1.51. The summed E-state index contributed by atoms with van der Waals surface area (Å²) in [6, 6.07) is 12.6. The summed E-state index contributed by atoms with van der Waals surface area (Å²) < 4.78 is 11.2. The number of nitro benzene ring substituents is 1. The lowest BCUT2D eigenvalue weighted by Crippen LogP contribution is -2.28. The minimum Gasteiger partial charge on any atom is -0.494 e. The van der Waals surface area contributed by atoms with Crippen LogP contribution >= 0.6 is 0 Å². The van der Waals surface area contributed by atoms with Gasteiger partial charge in [-0.2, -0.15) is 0 Å². The van der Waals surface area contributed by atoms with Crippen LogP contribution in [0.25, 0.3) is 33.6 Å². The number of aliphatic hydroxyl groups excluding tert-OH is 1. The molecule has 0 bridgehead atoms. The van der Waals surface area contributed by atoms with Crippen LogP contribution in [0.2, 0.25) is 0 Å². The number of nitrogens with zero attached hydrogens (tertiary/aromatic N) is 6. The largest absolute Gasteiger partial charge is 0.494 e. The summed E-state index contributed by atoms with van der Waals surface area (Å²) in [6.45, 7) is 1.36. The number of imidazole rings is 1. The molecular weight excluding hydrogens is 552 g/mol. The SMILES string of the molecule is COc1cc(N(C)CCN(C)C)c([N+](=O)[O-])cc1Nc1nccc(-c2[nH]c(CCCO)nc2-c2ccc3ccoc3c2)n1. The van der Waals surface area contributed by atoms with E-state index in [1.807, 2.05) is 55.2 Å². The van der Waals surface area contributed by atoms with E-state index in [1.165, 1.54) is 13.2 Å². The number of hydrogen-bond donors (Lipinski definition) is 3. The van der Waals surface area contributed by atoms with Crippen LogP contribution in [0.1, 0.15) is 12.2 Å². The van der Waals surface area contributed by atoms with Gasteiger partial charge in [-0.05, 0) is 38.7 Å². The molecule has 13 nitrogen and oxygen atoms in total. The van der Waals surface area contributed by atoms with Crippen molar-refractivity contribution in [3.8, 4) is 28.4 Å². The molecule has 0 atom stereocenters. The number of hydrogen-bond acceptors (Lipinski definition) is 11. The second kappa shape index (κ2) is 12.9. The standard InChI is InChI=1S/C30H34N8O5/c1-36(2)12-13-37(3)23-18-26(42-4)22(17-24(23)38(40)41)33-30-31-11-9-21(32-30)29-28(34-27(35-29)6-5-14-39)20-8-7-19-10-15-43-25(19)16-20/h7-11,15-18,39H,5-6,12-14H2,1-4H3,(H,34,35)(H,31,32,33). The number of aromatic amines is 1. The second-order valence-electron chi connectivity index (χ2n) is 10.3. The molecule has 0 saturated heterocycles. The van der Waals surface area contributed by atoms with Gasteiger partial charge in [-0.3, -0.25) is 10.1 Å². The number of fused-ring (bicyclic) bond motifs is 1. The molecule has 0 aliphatic heterocycles. The second-order valence-corrected chi connectivity index (χ2v) is 10.3. The molecule has 2 aromatic carbocycles. The molecule has 5 aromatic rings. The number of aliphatic hydroxyl groups is 1. The number of benzene rings is 2. The van der Waals surface area contributed by atoms with E-state index >= 15 is 0 Å². The van der Waals surface area contributed by atoms with Gasteiger partial charge in [0.2, 0.25) is 5.95 Å². The Hall–Kier alpha value is -5.01. The molecule has 0 aliphatic rings. The summed E-state index contributed by atoms with van der Waals surface area (Å²) in [6.07, 6.45) is 4.35. The highest BCUT2D eigenvalue weighted by Crippen LogP contribution is 2.39. The maximum absolute atomic E-state index is 12.1. The molecule has 13 heteroatoms. The van der Waals surface area contributed by atoms with Crippen molar-refractivity contribution >= 4 is 34.0 Å². The third kappa shape index (κ3) is 6.58. The predicted octanol–water partition coefficient (Wildman–Crippen LogP) is 4.86. The number of ether oxygens (including phenoxy) is 1. The molecule has 3 heterocycles. The maximum Gasteiger partial charge on any atom is 0.294 e. The Bertz CT molecular complexity index is 1730. The van der Waals surface area contributed by atoms with Crippen molar-refractivity contribution in [3.63, 3.8) is 0 Å². The van der Waals surface area contributed by atoms with Crippen molar-refractivity contribution in [1.29, 1.82) is 0 Å². The summed E-state index contributed by atoms with van der Waals surface area (Å²) in [4.78, 5) is 32.7. The average Bonchev–Trinajstić information content (AvgIpc) is 3.65. The van der Waals surface area contributed by atoms with Crippen LogP contribution in [0.5, 0.6) is 5.75 Å². The summed E-state index contributed by atoms with van der Waals surface area (Å²) in [5.41, 5.74) is 4.19. The third-order valence-electron chi connectivity index (χ3n) is 7.00. The zero-order valence-corrected chi connectivity index (χ0v) is 24.5. The zero-order valence-electron chi connectivity index (χ0n) is 24.5. The van der Waals surface area contributed by atoms with Gasteiger partial charge in [-0.1, -0.05) is 12.1 Å². The maximum atomic E-state index is 12.1. The third-order valence-corrected chi connectivity index (χ3v) is 7.00. The highest BCUT2D eigenvalue weighted by atomic mass is 16.6. The monoisotopic (exact) mass is 586 g/mol. The fourth-order valence-corrected chi connectivity index (χ4v) is 4.71. The molecule has 224 valence electrons. The van der Waals surface area contributed by atoms with Crippen LogP contribution in [0.15, 0.2) is 59.3 Å². The van der Waals surface area contributed by atoms with Gasteiger partial charge in [0.05, 0.1) is 41.1 Å². The van der Waals surface area contributed by atoms with E-state index in [0.717, 1.165) is 23.1 Å². The molecule has 43 heavy (non-hydrogen) atoms. The average molecular weight is 587 g/mol. The van der Waals surface area contributed by atoms with Crippen LogP contribution in [0, 0.1) is 10.1 Å². The van der Waals surface area contributed by atoms with E-state index in [1.54, 1.807) is 24.6 Å². The van der Waals surface area contributed by atoms with Crippen LogP contribution in [-0.4, -0.2) is 82.8 Å². The molecule has 5 rings (SSSR count). The number of anilines is 3. The molecule has 0 fully saturated rings. The van der Waals surface area contributed by atoms with E-state index < -0.39 is 4.92 Å². The first kappa shape index (κ1) is 29.5. The van der Waals surface area contributed by atoms with Crippen LogP contribution < -0.4 is 15.0 Å². The van der Waals surface area contributed by atoms with E-state index in [0.29, 0.717) is 59.4 Å². The Labute approximate surface area is 248 Å². The fourth-order valence-electron chi connectivity index (χ4n) is 4.71. The van der Waals surface area contributed by atoms with E-state index in [2.05, 4.69) is 15.3 Å². The van der Waals surface area contributed by atoms with Crippen molar-refractivity contribution in [2.45, 2.75) is 12.8 Å². The van der Waals surface area contributed by atoms with E-state index in [4.69, 9.17) is 19.1 Å². The molecule has 3 N–H and O–H groups in total. The molecule has 0 radical (unpaired) electrons. The minimum absolute atomic E-state index is 0.0451. The van der Waals surface area contributed by atoms with Gasteiger partial charge in [-0.15, -0.1) is 0 Å². The number of aromatic nitrogens is 4. The van der Waals surface area contributed by atoms with E-state index in [9.17, 15) is 15.2 Å². The Kier molecular flexibility index (Phi) is 8.83. The first-order valence-corrected chi connectivity index (χ1v) is 13.8. The number of H-pyrrole nitrogens is 1. The Morgan fingerprint density at radius 3 is 2.70 bits per heavy atom. The molecule has 0 unspecified atom stereocenters. The first-order valence-electron chi connectivity index (χ1n) is 13.8. The molecule has 0 amide bonds. The van der Waals surface area contributed by atoms with Crippen LogP contribution in [0.3, 0.4) is 0 Å². The van der Waals surface area contributed by atoms with E-state index in [-0.39, 0.29) is 18.2 Å². The van der Waals surface area contributed by atoms with Crippen molar-refractivity contribution < 1.29 is 19.2 Å². The van der Waals surface area contributed by atoms with Gasteiger partial charge >= 0.3 is 0 Å². The molecule has 0 aliphatic carbocycles. The topological polar surface area (TPSA) is 159 Å². The Morgan fingerprint density at radius 2 is 1.95 bits per heavy atom. The van der Waals surface area contributed by atoms with Crippen molar-refractivity contribution in [2.75, 3.05) is 58.2 Å². The Morgan fingerprint density at radius 1 is 1.12 bits per heavy atom. The van der Waals surface area contributed by atoms with Crippen molar-refractivity contribution in [2.24, 2.45) is 0 Å².